The number of hydrogen-bond donors (Lipinski definition) is 2. The molecule has 2 N–H and O–H groups in total. The van der Waals surface area contributed by atoms with Gasteiger partial charge in [-0.25, -0.2) is 0 Å². The molecule has 1 aliphatic rings. The third kappa shape index (κ3) is 1.13. The lowest BCUT2D eigenvalue weighted by Crippen LogP contribution is -2.27. The Morgan fingerprint density at radius 1 is 1.36 bits per heavy atom. The molecule has 14 heavy (non-hydrogen) atoms. The van der Waals surface area contributed by atoms with Gasteiger partial charge in [0.25, 0.3) is 0 Å². The highest BCUT2D eigenvalue weighted by Gasteiger charge is 2.17. The zero-order chi connectivity index (χ0) is 9.54. The Bertz CT molecular complexity index is 477. The number of aliphatic hydroxyl groups excluding tert-OH is 1. The normalized spacial score (nSPS) is 20.5. The van der Waals surface area contributed by atoms with Crippen LogP contribution in [0.2, 0.25) is 0 Å². The summed E-state index contributed by atoms with van der Waals surface area (Å²) in [7, 11) is 0. The first kappa shape index (κ1) is 8.26. The molecule has 72 valence electrons. The van der Waals surface area contributed by atoms with Gasteiger partial charge in [-0.1, -0.05) is 0 Å². The number of benzene rings is 1. The van der Waals surface area contributed by atoms with Gasteiger partial charge < -0.3 is 10.4 Å². The van der Waals surface area contributed by atoms with Gasteiger partial charge in [-0.15, -0.1) is 11.3 Å². The van der Waals surface area contributed by atoms with Crippen molar-refractivity contribution in [3.8, 4) is 0 Å². The minimum atomic E-state index is -0.243. The van der Waals surface area contributed by atoms with Crippen LogP contribution < -0.4 is 5.32 Å². The summed E-state index contributed by atoms with van der Waals surface area (Å²) in [6, 6.07) is 6.39. The van der Waals surface area contributed by atoms with Crippen LogP contribution in [0.1, 0.15) is 5.56 Å². The van der Waals surface area contributed by atoms with E-state index in [2.05, 4.69) is 28.9 Å². The third-order valence-electron chi connectivity index (χ3n) is 2.71. The summed E-state index contributed by atoms with van der Waals surface area (Å²) in [5.41, 5.74) is 2.45. The number of aliphatic hydroxyl groups is 1. The molecule has 0 amide bonds. The quantitative estimate of drug-likeness (QED) is 0.691. The predicted octanol–water partition coefficient (Wildman–Crippen LogP) is 2.23. The fraction of sp³-hybridized carbons (Fsp3) is 0.273. The van der Waals surface area contributed by atoms with Gasteiger partial charge in [0.05, 0.1) is 6.10 Å². The number of anilines is 1. The molecule has 2 aromatic rings. The summed E-state index contributed by atoms with van der Waals surface area (Å²) in [6.45, 7) is 0.669. The zero-order valence-corrected chi connectivity index (χ0v) is 8.47. The summed E-state index contributed by atoms with van der Waals surface area (Å²) < 4.78 is 1.31. The number of hydrogen-bond acceptors (Lipinski definition) is 3. The number of thiophene rings is 1. The van der Waals surface area contributed by atoms with Crippen LogP contribution in [0.5, 0.6) is 0 Å². The van der Waals surface area contributed by atoms with Crippen LogP contribution in [0.4, 0.5) is 5.69 Å². The van der Waals surface area contributed by atoms with Gasteiger partial charge in [0.2, 0.25) is 0 Å². The van der Waals surface area contributed by atoms with Crippen LogP contribution in [-0.4, -0.2) is 17.8 Å². The Labute approximate surface area is 86.2 Å². The molecule has 2 heterocycles. The summed E-state index contributed by atoms with van der Waals surface area (Å²) in [6.07, 6.45) is 0.532. The maximum absolute atomic E-state index is 9.59. The van der Waals surface area contributed by atoms with E-state index in [9.17, 15) is 5.11 Å². The fourth-order valence-electron chi connectivity index (χ4n) is 2.03. The molecule has 1 aromatic carbocycles. The lowest BCUT2D eigenvalue weighted by molar-refractivity contribution is 0.185. The molecular formula is C11H11NOS. The van der Waals surface area contributed by atoms with Crippen LogP contribution in [-0.2, 0) is 6.42 Å². The van der Waals surface area contributed by atoms with Crippen molar-refractivity contribution in [3.63, 3.8) is 0 Å². The molecule has 1 aromatic heterocycles. The summed E-state index contributed by atoms with van der Waals surface area (Å²) in [4.78, 5) is 0. The van der Waals surface area contributed by atoms with E-state index in [1.165, 1.54) is 21.3 Å². The van der Waals surface area contributed by atoms with E-state index in [1.54, 1.807) is 11.3 Å². The van der Waals surface area contributed by atoms with Crippen molar-refractivity contribution < 1.29 is 5.11 Å². The fourth-order valence-corrected chi connectivity index (χ4v) is 2.84. The Morgan fingerprint density at radius 2 is 2.29 bits per heavy atom. The third-order valence-corrected chi connectivity index (χ3v) is 3.60. The average molecular weight is 205 g/mol. The molecule has 0 saturated carbocycles. The van der Waals surface area contributed by atoms with Crippen molar-refractivity contribution in [3.05, 3.63) is 29.1 Å². The van der Waals surface area contributed by atoms with Gasteiger partial charge in [-0.05, 0) is 34.5 Å². The smallest absolute Gasteiger partial charge is 0.0753 e. The van der Waals surface area contributed by atoms with Gasteiger partial charge in [0, 0.05) is 23.4 Å². The van der Waals surface area contributed by atoms with Crippen LogP contribution >= 0.6 is 11.3 Å². The number of rotatable bonds is 0. The van der Waals surface area contributed by atoms with E-state index in [0.717, 1.165) is 6.42 Å². The van der Waals surface area contributed by atoms with E-state index in [1.807, 2.05) is 0 Å². The molecule has 1 atom stereocenters. The van der Waals surface area contributed by atoms with Gasteiger partial charge in [-0.2, -0.15) is 0 Å². The highest BCUT2D eigenvalue weighted by molar-refractivity contribution is 7.17. The number of fused-ring (bicyclic) bond motifs is 3. The molecule has 2 nitrogen and oxygen atoms in total. The first-order valence-corrected chi connectivity index (χ1v) is 5.63. The second kappa shape index (κ2) is 2.97. The first-order valence-electron chi connectivity index (χ1n) is 4.75. The summed E-state index contributed by atoms with van der Waals surface area (Å²) in [5, 5.41) is 16.2. The van der Waals surface area contributed by atoms with Crippen molar-refractivity contribution in [2.75, 3.05) is 11.9 Å². The topological polar surface area (TPSA) is 32.3 Å². The molecular weight excluding hydrogens is 194 g/mol. The van der Waals surface area contributed by atoms with Crippen molar-refractivity contribution in [2.24, 2.45) is 0 Å². The van der Waals surface area contributed by atoms with Crippen molar-refractivity contribution in [1.29, 1.82) is 0 Å². The molecule has 3 rings (SSSR count). The van der Waals surface area contributed by atoms with Crippen LogP contribution in [0, 0.1) is 0 Å². The van der Waals surface area contributed by atoms with Gasteiger partial charge in [0.15, 0.2) is 0 Å². The SMILES string of the molecule is OC1CNc2ccc3sccc3c2C1. The Morgan fingerprint density at radius 3 is 3.21 bits per heavy atom. The maximum Gasteiger partial charge on any atom is 0.0753 e. The molecule has 0 aliphatic carbocycles. The minimum Gasteiger partial charge on any atom is -0.391 e. The van der Waals surface area contributed by atoms with E-state index in [-0.39, 0.29) is 6.10 Å². The van der Waals surface area contributed by atoms with Gasteiger partial charge in [-0.3, -0.25) is 0 Å². The Hall–Kier alpha value is -1.06. The second-order valence-electron chi connectivity index (χ2n) is 3.66. The van der Waals surface area contributed by atoms with Crippen molar-refractivity contribution in [2.45, 2.75) is 12.5 Å². The summed E-state index contributed by atoms with van der Waals surface area (Å²) >= 11 is 1.75. The maximum atomic E-state index is 9.59. The van der Waals surface area contributed by atoms with E-state index < -0.39 is 0 Å². The van der Waals surface area contributed by atoms with E-state index >= 15 is 0 Å². The molecule has 3 heteroatoms. The lowest BCUT2D eigenvalue weighted by atomic mass is 9.98. The molecule has 0 radical (unpaired) electrons. The molecule has 0 fully saturated rings. The van der Waals surface area contributed by atoms with E-state index in [4.69, 9.17) is 0 Å². The summed E-state index contributed by atoms with van der Waals surface area (Å²) in [5.74, 6) is 0. The van der Waals surface area contributed by atoms with Crippen LogP contribution in [0.15, 0.2) is 23.6 Å². The lowest BCUT2D eigenvalue weighted by Gasteiger charge is -2.23. The molecule has 1 aliphatic heterocycles. The van der Waals surface area contributed by atoms with Crippen molar-refractivity contribution in [1.82, 2.24) is 0 Å². The number of nitrogens with one attached hydrogen (secondary N) is 1. The molecule has 0 saturated heterocycles. The molecule has 0 spiro atoms. The van der Waals surface area contributed by atoms with Crippen LogP contribution in [0.25, 0.3) is 10.1 Å². The van der Waals surface area contributed by atoms with Gasteiger partial charge >= 0.3 is 0 Å². The Kier molecular flexibility index (Phi) is 1.75. The highest BCUT2D eigenvalue weighted by Crippen LogP contribution is 2.32. The largest absolute Gasteiger partial charge is 0.391 e. The first-order chi connectivity index (χ1) is 6.84. The second-order valence-corrected chi connectivity index (χ2v) is 4.61. The predicted molar refractivity (Wildman–Crippen MR) is 60.0 cm³/mol. The van der Waals surface area contributed by atoms with Gasteiger partial charge in [0.1, 0.15) is 0 Å². The Balaban J connectivity index is 2.26. The van der Waals surface area contributed by atoms with E-state index in [0.29, 0.717) is 6.54 Å². The molecule has 1 unspecified atom stereocenters. The van der Waals surface area contributed by atoms with Crippen LogP contribution in [0.3, 0.4) is 0 Å². The van der Waals surface area contributed by atoms with Crippen molar-refractivity contribution >= 4 is 27.1 Å². The average Bonchev–Trinajstić information content (AvgIpc) is 2.65. The molecule has 0 bridgehead atoms. The highest BCUT2D eigenvalue weighted by atomic mass is 32.1. The minimum absolute atomic E-state index is 0.243. The number of β-amino-alcohol motifs (C(OH)–C–C–N with tert-alkyl or cyclic N) is 1. The standard InChI is InChI=1S/C11H11NOS/c13-7-5-9-8-3-4-14-11(8)2-1-10(9)12-6-7/h1-4,7,12-13H,5-6H2. The zero-order valence-electron chi connectivity index (χ0n) is 7.66. The monoisotopic (exact) mass is 205 g/mol.